The van der Waals surface area contributed by atoms with Crippen LogP contribution >= 0.6 is 0 Å². The quantitative estimate of drug-likeness (QED) is 0.0759. The van der Waals surface area contributed by atoms with E-state index in [4.69, 9.17) is 9.47 Å². The standard InChI is InChI=1S/C43H42O22/c44-14-24-30(52)32(54)34(56)40(64-24)42(62)36(58)20(28(50)26(38(42)60)22(48)11-5-16-1-7-18(46)8-2-16)13-21-29(51)27(23(49)12-6-17-3-9-19(47)10-4-17)39(61)43(63,37(21)59)41-35(57)33(55)31(53)25(15-45)65-41/h1-13,24-25,30-35,40-41,44-47,52-58,60-63H,14-15H2/b11-5+,12-6+,21-13-/t24-,25-,30-,31-,32+,33+,34-,35-,40-,41-,42+,43-/m1/s1. The molecule has 65 heavy (non-hydrogen) atoms. The first-order valence-electron chi connectivity index (χ1n) is 19.3. The lowest BCUT2D eigenvalue weighted by Gasteiger charge is -2.47. The predicted octanol–water partition coefficient (Wildman–Crippen LogP) is -3.79. The summed E-state index contributed by atoms with van der Waals surface area (Å²) < 4.78 is 10.7. The summed E-state index contributed by atoms with van der Waals surface area (Å²) in [4.78, 5) is 70.9. The molecule has 6 rings (SSSR count). The molecule has 2 saturated heterocycles. The molecule has 2 aromatic rings. The number of aliphatic hydroxyl groups excluding tert-OH is 11. The van der Waals surface area contributed by atoms with Crippen molar-refractivity contribution in [2.75, 3.05) is 13.2 Å². The number of benzene rings is 2. The van der Waals surface area contributed by atoms with Crippen LogP contribution in [0.5, 0.6) is 11.5 Å². The van der Waals surface area contributed by atoms with Gasteiger partial charge in [-0.05, 0) is 53.6 Å². The van der Waals surface area contributed by atoms with Gasteiger partial charge in [0, 0.05) is 0 Å². The molecule has 0 amide bonds. The lowest BCUT2D eigenvalue weighted by molar-refractivity contribution is -0.265. The number of phenols is 2. The second kappa shape index (κ2) is 18.3. The number of ether oxygens (including phenoxy) is 2. The van der Waals surface area contributed by atoms with Crippen molar-refractivity contribution in [3.63, 3.8) is 0 Å². The number of carbonyl (C=O) groups excluding carboxylic acids is 5. The van der Waals surface area contributed by atoms with Crippen LogP contribution in [0, 0.1) is 0 Å². The number of aliphatic hydroxyl groups is 13. The maximum atomic E-state index is 14.5. The third kappa shape index (κ3) is 8.22. The van der Waals surface area contributed by atoms with E-state index in [-0.39, 0.29) is 28.7 Å². The number of aromatic hydroxyl groups is 2. The second-order valence-corrected chi connectivity index (χ2v) is 15.4. The molecule has 15 N–H and O–H groups in total. The molecule has 2 aliphatic carbocycles. The van der Waals surface area contributed by atoms with Gasteiger partial charge in [-0.2, -0.15) is 0 Å². The normalized spacial score (nSPS) is 34.4. The minimum absolute atomic E-state index is 0.0686. The molecule has 0 spiro atoms. The number of phenolic OH excluding ortho intramolecular Hbond substituents is 2. The van der Waals surface area contributed by atoms with Crippen LogP contribution in [-0.2, 0) is 33.4 Å². The van der Waals surface area contributed by atoms with Crippen molar-refractivity contribution in [2.24, 2.45) is 0 Å². The number of allylic oxidation sites excluding steroid dienone is 6. The highest BCUT2D eigenvalue weighted by Crippen LogP contribution is 2.45. The highest BCUT2D eigenvalue weighted by molar-refractivity contribution is 6.42. The molecule has 0 radical (unpaired) electrons. The van der Waals surface area contributed by atoms with Crippen LogP contribution in [0.2, 0.25) is 0 Å². The highest BCUT2D eigenvalue weighted by Gasteiger charge is 2.64. The van der Waals surface area contributed by atoms with Crippen LogP contribution in [0.4, 0.5) is 0 Å². The molecule has 2 heterocycles. The minimum atomic E-state index is -3.89. The zero-order valence-corrected chi connectivity index (χ0v) is 33.3. The van der Waals surface area contributed by atoms with Crippen molar-refractivity contribution in [1.29, 1.82) is 0 Å². The van der Waals surface area contributed by atoms with E-state index in [1.165, 1.54) is 48.5 Å². The predicted molar refractivity (Wildman–Crippen MR) is 214 cm³/mol. The molecule has 2 aliphatic heterocycles. The van der Waals surface area contributed by atoms with Gasteiger partial charge in [0.15, 0.2) is 11.6 Å². The van der Waals surface area contributed by atoms with E-state index >= 15 is 0 Å². The Hall–Kier alpha value is -6.25. The Morgan fingerprint density at radius 1 is 0.538 bits per heavy atom. The monoisotopic (exact) mass is 910 g/mol. The first kappa shape index (κ1) is 48.2. The van der Waals surface area contributed by atoms with Gasteiger partial charge in [-0.25, -0.2) is 0 Å². The van der Waals surface area contributed by atoms with Gasteiger partial charge in [-0.1, -0.05) is 36.4 Å². The Kier molecular flexibility index (Phi) is 13.6. The molecule has 0 saturated carbocycles. The number of carbonyl (C=O) groups is 5. The average Bonchev–Trinajstić information content (AvgIpc) is 3.28. The van der Waals surface area contributed by atoms with Crippen LogP contribution < -0.4 is 0 Å². The lowest BCUT2D eigenvalue weighted by atomic mass is 9.70. The Labute approximate surface area is 365 Å². The van der Waals surface area contributed by atoms with Gasteiger partial charge in [-0.15, -0.1) is 0 Å². The van der Waals surface area contributed by atoms with Gasteiger partial charge in [0.2, 0.25) is 28.6 Å². The molecular formula is C43H42O22. The SMILES string of the molecule is O=C(/C=C/c1ccc(O)cc1)C1=C(O)[C@](O)([C@@H]2O[C@H](CO)[C@@H](O)[C@H](O)[C@H]2O)C(O)=C(/C=C2/C(=O)C(C(=O)/C=C/c3ccc(O)cc3)=C(O)[C@@](O)([C@@H]3O[C@H](CO)[C@@H](O)[C@H](O)[C@H]3O)C2=O)C1=O. The van der Waals surface area contributed by atoms with E-state index < -0.39 is 154 Å². The Bertz CT molecular complexity index is 2460. The van der Waals surface area contributed by atoms with Crippen molar-refractivity contribution < 1.29 is 110 Å². The number of Topliss-reactive ketones (excluding diaryl/α,β-unsaturated/α-hetero) is 3. The fourth-order valence-electron chi connectivity index (χ4n) is 7.68. The Morgan fingerprint density at radius 2 is 0.923 bits per heavy atom. The van der Waals surface area contributed by atoms with Gasteiger partial charge < -0.3 is 86.1 Å². The van der Waals surface area contributed by atoms with E-state index in [0.29, 0.717) is 12.2 Å². The summed E-state index contributed by atoms with van der Waals surface area (Å²) in [5, 5.41) is 162. The van der Waals surface area contributed by atoms with Crippen LogP contribution in [0.3, 0.4) is 0 Å². The van der Waals surface area contributed by atoms with Crippen molar-refractivity contribution in [3.05, 3.63) is 117 Å². The number of ketones is 5. The van der Waals surface area contributed by atoms with E-state index in [0.717, 1.165) is 12.2 Å². The van der Waals surface area contributed by atoms with E-state index in [1.807, 2.05) is 0 Å². The smallest absolute Gasteiger partial charge is 0.214 e. The Balaban J connectivity index is 1.59. The van der Waals surface area contributed by atoms with Crippen LogP contribution in [0.25, 0.3) is 12.2 Å². The fraction of sp³-hybridized carbons (Fsp3) is 0.326. The summed E-state index contributed by atoms with van der Waals surface area (Å²) in [6.45, 7) is -2.32. The summed E-state index contributed by atoms with van der Waals surface area (Å²) >= 11 is 0. The molecular weight excluding hydrogens is 868 g/mol. The summed E-state index contributed by atoms with van der Waals surface area (Å²) in [5.41, 5.74) is -13.4. The van der Waals surface area contributed by atoms with Gasteiger partial charge in [0.1, 0.15) is 101 Å². The topological polar surface area (TPSA) is 407 Å². The summed E-state index contributed by atoms with van der Waals surface area (Å²) in [6, 6.07) is 9.97. The third-order valence-electron chi connectivity index (χ3n) is 11.4. The molecule has 2 fully saturated rings. The van der Waals surface area contributed by atoms with Crippen molar-refractivity contribution in [3.8, 4) is 11.5 Å². The van der Waals surface area contributed by atoms with Crippen molar-refractivity contribution in [1.82, 2.24) is 0 Å². The van der Waals surface area contributed by atoms with E-state index in [9.17, 15) is 101 Å². The number of hydrogen-bond donors (Lipinski definition) is 15. The molecule has 0 aromatic heterocycles. The largest absolute Gasteiger partial charge is 0.508 e. The van der Waals surface area contributed by atoms with Crippen LogP contribution in [-0.4, -0.2) is 191 Å². The molecule has 0 unspecified atom stereocenters. The number of rotatable bonds is 11. The molecule has 22 heteroatoms. The maximum absolute atomic E-state index is 14.5. The molecule has 346 valence electrons. The first-order chi connectivity index (χ1) is 30.5. The molecule has 22 nitrogen and oxygen atoms in total. The van der Waals surface area contributed by atoms with Gasteiger partial charge in [-0.3, -0.25) is 24.0 Å². The third-order valence-corrected chi connectivity index (χ3v) is 11.4. The lowest BCUT2D eigenvalue weighted by Crippen LogP contribution is -2.69. The van der Waals surface area contributed by atoms with Gasteiger partial charge in [0.25, 0.3) is 0 Å². The van der Waals surface area contributed by atoms with Gasteiger partial charge in [0.05, 0.1) is 24.4 Å². The van der Waals surface area contributed by atoms with Crippen molar-refractivity contribution in [2.45, 2.75) is 72.2 Å². The average molecular weight is 911 g/mol. The van der Waals surface area contributed by atoms with Crippen LogP contribution in [0.1, 0.15) is 11.1 Å². The summed E-state index contributed by atoms with van der Waals surface area (Å²) in [5.74, 6) is -14.7. The summed E-state index contributed by atoms with van der Waals surface area (Å²) in [7, 11) is 0. The first-order valence-corrected chi connectivity index (χ1v) is 19.3. The fourth-order valence-corrected chi connectivity index (χ4v) is 7.68. The highest BCUT2D eigenvalue weighted by atomic mass is 16.6. The molecule has 4 aliphatic rings. The zero-order chi connectivity index (χ0) is 48.0. The molecule has 2 aromatic carbocycles. The van der Waals surface area contributed by atoms with Crippen LogP contribution in [0.15, 0.2) is 106 Å². The maximum Gasteiger partial charge on any atom is 0.214 e. The van der Waals surface area contributed by atoms with E-state index in [1.54, 1.807) is 0 Å². The summed E-state index contributed by atoms with van der Waals surface area (Å²) in [6.07, 6.45) is -19.9. The zero-order valence-electron chi connectivity index (χ0n) is 33.3. The van der Waals surface area contributed by atoms with Gasteiger partial charge >= 0.3 is 0 Å². The van der Waals surface area contributed by atoms with E-state index in [2.05, 4.69) is 0 Å². The second-order valence-electron chi connectivity index (χ2n) is 15.4. The minimum Gasteiger partial charge on any atom is -0.508 e. The number of hydrogen-bond acceptors (Lipinski definition) is 22. The molecule has 0 bridgehead atoms. The molecule has 12 atom stereocenters. The Morgan fingerprint density at radius 3 is 1.34 bits per heavy atom. The van der Waals surface area contributed by atoms with Crippen molar-refractivity contribution >= 4 is 41.1 Å².